The summed E-state index contributed by atoms with van der Waals surface area (Å²) in [5.41, 5.74) is -0.570. The van der Waals surface area contributed by atoms with Crippen LogP contribution in [0.4, 0.5) is 10.1 Å². The highest BCUT2D eigenvalue weighted by molar-refractivity contribution is 8.00. The minimum atomic E-state index is -0.748. The highest BCUT2D eigenvalue weighted by atomic mass is 32.2. The molecule has 1 unspecified atom stereocenters. The molecule has 1 N–H and O–H groups in total. The van der Waals surface area contributed by atoms with Gasteiger partial charge in [-0.3, -0.25) is 14.9 Å². The van der Waals surface area contributed by atoms with Gasteiger partial charge in [0.1, 0.15) is 5.82 Å². The number of thioether (sulfide) groups is 1. The lowest BCUT2D eigenvalue weighted by Gasteiger charge is -2.10. The number of halogens is 1. The van der Waals surface area contributed by atoms with Crippen molar-refractivity contribution >= 4 is 23.4 Å². The molecule has 1 aliphatic heterocycles. The van der Waals surface area contributed by atoms with Crippen LogP contribution in [0, 0.1) is 15.9 Å². The molecule has 5 nitrogen and oxygen atoms in total. The summed E-state index contributed by atoms with van der Waals surface area (Å²) in [6.07, 6.45) is 2.15. The van der Waals surface area contributed by atoms with E-state index in [2.05, 4.69) is 5.32 Å². The summed E-state index contributed by atoms with van der Waals surface area (Å²) in [6, 6.07) is 2.95. The largest absolute Gasteiger partial charge is 0.351 e. The van der Waals surface area contributed by atoms with Gasteiger partial charge in [0, 0.05) is 23.9 Å². The van der Waals surface area contributed by atoms with Gasteiger partial charge in [-0.15, -0.1) is 0 Å². The third-order valence-corrected chi connectivity index (χ3v) is 4.32. The SMILES string of the molecule is O=C(NCC1CCCS1)c1cc([N+](=O)[O-])ccc1F. The van der Waals surface area contributed by atoms with Crippen LogP contribution in [0.3, 0.4) is 0 Å². The molecule has 0 aromatic heterocycles. The van der Waals surface area contributed by atoms with Crippen molar-refractivity contribution in [1.82, 2.24) is 5.32 Å². The Morgan fingerprint density at radius 1 is 1.58 bits per heavy atom. The topological polar surface area (TPSA) is 72.2 Å². The van der Waals surface area contributed by atoms with Crippen LogP contribution >= 0.6 is 11.8 Å². The minimum Gasteiger partial charge on any atom is -0.351 e. The lowest BCUT2D eigenvalue weighted by molar-refractivity contribution is -0.384. The van der Waals surface area contributed by atoms with E-state index in [4.69, 9.17) is 0 Å². The molecule has 2 rings (SSSR count). The van der Waals surface area contributed by atoms with Gasteiger partial charge in [-0.2, -0.15) is 11.8 Å². The highest BCUT2D eigenvalue weighted by Crippen LogP contribution is 2.25. The highest BCUT2D eigenvalue weighted by Gasteiger charge is 2.20. The summed E-state index contributed by atoms with van der Waals surface area (Å²) in [5.74, 6) is -0.276. The summed E-state index contributed by atoms with van der Waals surface area (Å²) in [5, 5.41) is 13.6. The number of amides is 1. The molecule has 1 aromatic carbocycles. The summed E-state index contributed by atoms with van der Waals surface area (Å²) in [6.45, 7) is 0.464. The molecule has 1 aliphatic rings. The fraction of sp³-hybridized carbons (Fsp3) is 0.417. The van der Waals surface area contributed by atoms with Crippen molar-refractivity contribution in [3.05, 3.63) is 39.7 Å². The van der Waals surface area contributed by atoms with E-state index < -0.39 is 16.6 Å². The van der Waals surface area contributed by atoms with E-state index in [1.165, 1.54) is 0 Å². The van der Waals surface area contributed by atoms with Crippen molar-refractivity contribution < 1.29 is 14.1 Å². The van der Waals surface area contributed by atoms with Gasteiger partial charge in [0.25, 0.3) is 11.6 Å². The molecule has 0 aliphatic carbocycles. The van der Waals surface area contributed by atoms with Crippen molar-refractivity contribution in [2.24, 2.45) is 0 Å². The van der Waals surface area contributed by atoms with Crippen LogP contribution in [0.25, 0.3) is 0 Å². The summed E-state index contributed by atoms with van der Waals surface area (Å²) in [7, 11) is 0. The van der Waals surface area contributed by atoms with Crippen molar-refractivity contribution in [2.45, 2.75) is 18.1 Å². The van der Waals surface area contributed by atoms with Crippen molar-refractivity contribution in [1.29, 1.82) is 0 Å². The zero-order valence-corrected chi connectivity index (χ0v) is 10.9. The zero-order chi connectivity index (χ0) is 13.8. The van der Waals surface area contributed by atoms with E-state index in [0.29, 0.717) is 11.8 Å². The molecule has 102 valence electrons. The Hall–Kier alpha value is -1.63. The summed E-state index contributed by atoms with van der Waals surface area (Å²) >= 11 is 1.78. The third kappa shape index (κ3) is 3.44. The van der Waals surface area contributed by atoms with Gasteiger partial charge >= 0.3 is 0 Å². The molecule has 0 spiro atoms. The van der Waals surface area contributed by atoms with E-state index in [0.717, 1.165) is 36.8 Å². The van der Waals surface area contributed by atoms with Crippen molar-refractivity contribution in [3.63, 3.8) is 0 Å². The number of hydrogen-bond acceptors (Lipinski definition) is 4. The molecule has 1 atom stereocenters. The second kappa shape index (κ2) is 6.01. The number of hydrogen-bond donors (Lipinski definition) is 1. The minimum absolute atomic E-state index is 0.280. The first-order valence-electron chi connectivity index (χ1n) is 5.91. The molecule has 1 fully saturated rings. The molecule has 7 heteroatoms. The van der Waals surface area contributed by atoms with E-state index in [1.807, 2.05) is 0 Å². The Morgan fingerprint density at radius 3 is 3.00 bits per heavy atom. The van der Waals surface area contributed by atoms with E-state index in [-0.39, 0.29) is 11.3 Å². The number of carbonyl (C=O) groups excluding carboxylic acids is 1. The maximum atomic E-state index is 13.5. The maximum absolute atomic E-state index is 13.5. The third-order valence-electron chi connectivity index (χ3n) is 2.92. The molecule has 1 heterocycles. The molecular formula is C12H13FN2O3S. The predicted octanol–water partition coefficient (Wildman–Crippen LogP) is 2.36. The van der Waals surface area contributed by atoms with Crippen LogP contribution in [0.15, 0.2) is 18.2 Å². The molecule has 1 amide bonds. The van der Waals surface area contributed by atoms with E-state index in [1.54, 1.807) is 11.8 Å². The Balaban J connectivity index is 2.04. The molecule has 1 saturated heterocycles. The predicted molar refractivity (Wildman–Crippen MR) is 70.9 cm³/mol. The molecule has 0 radical (unpaired) electrons. The Labute approximate surface area is 113 Å². The fourth-order valence-corrected chi connectivity index (χ4v) is 3.11. The monoisotopic (exact) mass is 284 g/mol. The fourth-order valence-electron chi connectivity index (χ4n) is 1.91. The summed E-state index contributed by atoms with van der Waals surface area (Å²) in [4.78, 5) is 21.8. The van der Waals surface area contributed by atoms with E-state index in [9.17, 15) is 19.3 Å². The normalized spacial score (nSPS) is 18.3. The van der Waals surface area contributed by atoms with Crippen LogP contribution < -0.4 is 5.32 Å². The standard InChI is InChI=1S/C12H13FN2O3S/c13-11-4-3-8(15(17)18)6-10(11)12(16)14-7-9-2-1-5-19-9/h3-4,6,9H,1-2,5,7H2,(H,14,16). The van der Waals surface area contributed by atoms with Gasteiger partial charge in [-0.1, -0.05) is 0 Å². The van der Waals surface area contributed by atoms with Gasteiger partial charge < -0.3 is 5.32 Å². The Kier molecular flexibility index (Phi) is 4.36. The first kappa shape index (κ1) is 13.8. The summed E-state index contributed by atoms with van der Waals surface area (Å²) < 4.78 is 13.5. The average Bonchev–Trinajstić information content (AvgIpc) is 2.89. The van der Waals surface area contributed by atoms with Gasteiger partial charge in [0.15, 0.2) is 0 Å². The lowest BCUT2D eigenvalue weighted by Crippen LogP contribution is -2.30. The Bertz CT molecular complexity index is 504. The van der Waals surface area contributed by atoms with Gasteiger partial charge in [-0.25, -0.2) is 4.39 Å². The number of rotatable bonds is 4. The number of nitrogens with zero attached hydrogens (tertiary/aromatic N) is 1. The quantitative estimate of drug-likeness (QED) is 0.680. The maximum Gasteiger partial charge on any atom is 0.270 e. The molecule has 19 heavy (non-hydrogen) atoms. The molecule has 1 aromatic rings. The van der Waals surface area contributed by atoms with Gasteiger partial charge in [0.2, 0.25) is 0 Å². The first-order chi connectivity index (χ1) is 9.08. The number of nitrogens with one attached hydrogen (secondary N) is 1. The Morgan fingerprint density at radius 2 is 2.37 bits per heavy atom. The lowest BCUT2D eigenvalue weighted by atomic mass is 10.1. The average molecular weight is 284 g/mol. The second-order valence-electron chi connectivity index (χ2n) is 4.27. The number of benzene rings is 1. The number of nitro groups is 1. The number of non-ortho nitro benzene ring substituents is 1. The van der Waals surface area contributed by atoms with Crippen molar-refractivity contribution in [2.75, 3.05) is 12.3 Å². The first-order valence-corrected chi connectivity index (χ1v) is 6.96. The van der Waals surface area contributed by atoms with Crippen LogP contribution in [0.1, 0.15) is 23.2 Å². The van der Waals surface area contributed by atoms with Gasteiger partial charge in [0.05, 0.1) is 10.5 Å². The number of nitro benzene ring substituents is 1. The molecule has 0 bridgehead atoms. The second-order valence-corrected chi connectivity index (χ2v) is 5.67. The van der Waals surface area contributed by atoms with E-state index >= 15 is 0 Å². The molecule has 0 saturated carbocycles. The van der Waals surface area contributed by atoms with Crippen LogP contribution in [-0.2, 0) is 0 Å². The van der Waals surface area contributed by atoms with Crippen LogP contribution in [-0.4, -0.2) is 28.4 Å². The number of carbonyl (C=O) groups is 1. The smallest absolute Gasteiger partial charge is 0.270 e. The van der Waals surface area contributed by atoms with Crippen LogP contribution in [0.2, 0.25) is 0 Å². The van der Waals surface area contributed by atoms with Crippen LogP contribution in [0.5, 0.6) is 0 Å². The van der Waals surface area contributed by atoms with Gasteiger partial charge in [-0.05, 0) is 24.7 Å². The zero-order valence-electron chi connectivity index (χ0n) is 10.1. The molecular weight excluding hydrogens is 271 g/mol. The van der Waals surface area contributed by atoms with Crippen molar-refractivity contribution in [3.8, 4) is 0 Å².